The summed E-state index contributed by atoms with van der Waals surface area (Å²) in [7, 11) is 0. The third kappa shape index (κ3) is 19.5. The molecule has 0 aliphatic rings. The van der Waals surface area contributed by atoms with Crippen molar-refractivity contribution in [2.45, 2.75) is 53.8 Å². The molecule has 0 fully saturated rings. The summed E-state index contributed by atoms with van der Waals surface area (Å²) < 4.78 is 0. The molecule has 0 spiro atoms. The van der Waals surface area contributed by atoms with Crippen molar-refractivity contribution in [3.8, 4) is 0 Å². The maximum Gasteiger partial charge on any atom is 2.00 e. The van der Waals surface area contributed by atoms with Crippen LogP contribution >= 0.6 is 0 Å². The van der Waals surface area contributed by atoms with Gasteiger partial charge in [0.05, 0.1) is 0 Å². The summed E-state index contributed by atoms with van der Waals surface area (Å²) in [4.78, 5) is 0. The van der Waals surface area contributed by atoms with Crippen molar-refractivity contribution in [1.82, 2.24) is 0 Å². The summed E-state index contributed by atoms with van der Waals surface area (Å²) in [5, 5.41) is 20.5. The standard InChI is InChI=1S/2C5H11O.Ca/c2*1-4(2)5(3)6;/h2*4-5H,1-3H3;/q2*-1;+2. The molecule has 0 rings (SSSR count). The van der Waals surface area contributed by atoms with Crippen LogP contribution in [0.3, 0.4) is 0 Å². The van der Waals surface area contributed by atoms with Gasteiger partial charge in [-0.15, -0.1) is 12.2 Å². The first-order chi connectivity index (χ1) is 5.29. The molecule has 2 atom stereocenters. The van der Waals surface area contributed by atoms with Crippen molar-refractivity contribution in [1.29, 1.82) is 0 Å². The Bertz CT molecular complexity index is 66.9. The van der Waals surface area contributed by atoms with E-state index in [2.05, 4.69) is 0 Å². The third-order valence-corrected chi connectivity index (χ3v) is 1.88. The van der Waals surface area contributed by atoms with Crippen LogP contribution in [0, 0.1) is 11.8 Å². The van der Waals surface area contributed by atoms with Crippen LogP contribution in [-0.4, -0.2) is 49.9 Å². The number of hydrogen-bond acceptors (Lipinski definition) is 2. The minimum absolute atomic E-state index is 0. The van der Waals surface area contributed by atoms with Gasteiger partial charge in [0.25, 0.3) is 0 Å². The van der Waals surface area contributed by atoms with E-state index in [-0.39, 0.29) is 37.7 Å². The molecular weight excluding hydrogens is 192 g/mol. The summed E-state index contributed by atoms with van der Waals surface area (Å²) in [6, 6.07) is 0. The molecule has 0 saturated carbocycles. The van der Waals surface area contributed by atoms with Crippen molar-refractivity contribution >= 4 is 37.7 Å². The van der Waals surface area contributed by atoms with Gasteiger partial charge in [0.15, 0.2) is 0 Å². The van der Waals surface area contributed by atoms with Crippen LogP contribution in [0.4, 0.5) is 0 Å². The SMILES string of the molecule is CC(C)C(C)[O-].CC(C)C(C)[O-].[Ca+2]. The second-order valence-corrected chi connectivity index (χ2v) is 3.90. The Morgan fingerprint density at radius 3 is 0.692 bits per heavy atom. The van der Waals surface area contributed by atoms with Gasteiger partial charge in [0, 0.05) is 0 Å². The second kappa shape index (κ2) is 11.3. The van der Waals surface area contributed by atoms with Crippen molar-refractivity contribution in [3.63, 3.8) is 0 Å². The molecular formula is C10H22CaO2. The molecule has 2 unspecified atom stereocenters. The molecule has 0 N–H and O–H groups in total. The van der Waals surface area contributed by atoms with Crippen LogP contribution in [-0.2, 0) is 0 Å². The van der Waals surface area contributed by atoms with E-state index < -0.39 is 12.2 Å². The minimum atomic E-state index is -0.398. The van der Waals surface area contributed by atoms with E-state index in [0.29, 0.717) is 11.8 Å². The zero-order chi connectivity index (χ0) is 10.3. The quantitative estimate of drug-likeness (QED) is 0.625. The molecule has 0 radical (unpaired) electrons. The van der Waals surface area contributed by atoms with Gasteiger partial charge in [-0.3, -0.25) is 0 Å². The Labute approximate surface area is 113 Å². The molecule has 0 aliphatic heterocycles. The van der Waals surface area contributed by atoms with Crippen molar-refractivity contribution in [3.05, 3.63) is 0 Å². The van der Waals surface area contributed by atoms with Gasteiger partial charge in [-0.25, -0.2) is 0 Å². The van der Waals surface area contributed by atoms with Gasteiger partial charge >= 0.3 is 37.7 Å². The molecule has 0 aromatic carbocycles. The van der Waals surface area contributed by atoms with Crippen molar-refractivity contribution in [2.75, 3.05) is 0 Å². The van der Waals surface area contributed by atoms with E-state index in [1.807, 2.05) is 27.7 Å². The van der Waals surface area contributed by atoms with E-state index in [1.165, 1.54) is 0 Å². The first-order valence-electron chi connectivity index (χ1n) is 4.60. The molecule has 0 aromatic rings. The van der Waals surface area contributed by atoms with E-state index in [1.54, 1.807) is 13.8 Å². The van der Waals surface area contributed by atoms with Crippen LogP contribution in [0.25, 0.3) is 0 Å². The molecule has 0 amide bonds. The first-order valence-corrected chi connectivity index (χ1v) is 4.60. The van der Waals surface area contributed by atoms with Gasteiger partial charge in [0.1, 0.15) is 0 Å². The molecule has 0 aromatic heterocycles. The zero-order valence-electron chi connectivity index (χ0n) is 9.83. The Balaban J connectivity index is -0.000000143. The monoisotopic (exact) mass is 214 g/mol. The number of rotatable bonds is 2. The molecule has 0 aliphatic carbocycles. The average Bonchev–Trinajstić information content (AvgIpc) is 1.88. The Hall–Kier alpha value is 1.18. The van der Waals surface area contributed by atoms with Gasteiger partial charge in [-0.05, 0) is 0 Å². The van der Waals surface area contributed by atoms with E-state index in [0.717, 1.165) is 0 Å². The first kappa shape index (κ1) is 19.7. The summed E-state index contributed by atoms with van der Waals surface area (Å²) in [6.45, 7) is 11.1. The van der Waals surface area contributed by atoms with Crippen molar-refractivity contribution in [2.24, 2.45) is 11.8 Å². The van der Waals surface area contributed by atoms with Crippen LogP contribution in [0.1, 0.15) is 41.5 Å². The van der Waals surface area contributed by atoms with Gasteiger partial charge in [-0.2, -0.15) is 0 Å². The fraction of sp³-hybridized carbons (Fsp3) is 1.00. The fourth-order valence-corrected chi connectivity index (χ4v) is 0. The van der Waals surface area contributed by atoms with Crippen LogP contribution < -0.4 is 10.2 Å². The normalized spacial score (nSPS) is 14.3. The molecule has 76 valence electrons. The Morgan fingerprint density at radius 1 is 0.615 bits per heavy atom. The van der Waals surface area contributed by atoms with Gasteiger partial charge in [-0.1, -0.05) is 53.4 Å². The smallest absolute Gasteiger partial charge is 0.852 e. The molecule has 2 nitrogen and oxygen atoms in total. The summed E-state index contributed by atoms with van der Waals surface area (Å²) in [6.07, 6.45) is -0.796. The average molecular weight is 214 g/mol. The van der Waals surface area contributed by atoms with E-state index in [9.17, 15) is 10.2 Å². The molecule has 13 heavy (non-hydrogen) atoms. The Kier molecular flexibility index (Phi) is 17.1. The van der Waals surface area contributed by atoms with Gasteiger partial charge in [0.2, 0.25) is 0 Å². The predicted octanol–water partition coefficient (Wildman–Crippen LogP) is 0.402. The van der Waals surface area contributed by atoms with Crippen LogP contribution in [0.15, 0.2) is 0 Å². The zero-order valence-corrected chi connectivity index (χ0v) is 12.0. The van der Waals surface area contributed by atoms with Gasteiger partial charge < -0.3 is 10.2 Å². The summed E-state index contributed by atoms with van der Waals surface area (Å²) >= 11 is 0. The second-order valence-electron chi connectivity index (χ2n) is 3.90. The van der Waals surface area contributed by atoms with Crippen LogP contribution in [0.5, 0.6) is 0 Å². The van der Waals surface area contributed by atoms with E-state index >= 15 is 0 Å². The minimum Gasteiger partial charge on any atom is -0.852 e. The predicted molar refractivity (Wildman–Crippen MR) is 54.4 cm³/mol. The largest absolute Gasteiger partial charge is 2.00 e. The maximum absolute atomic E-state index is 10.2. The third-order valence-electron chi connectivity index (χ3n) is 1.88. The Morgan fingerprint density at radius 2 is 0.692 bits per heavy atom. The molecule has 0 saturated heterocycles. The summed E-state index contributed by atoms with van der Waals surface area (Å²) in [5.41, 5.74) is 0. The molecule has 3 heteroatoms. The van der Waals surface area contributed by atoms with Crippen LogP contribution in [0.2, 0.25) is 0 Å². The van der Waals surface area contributed by atoms with Crippen molar-refractivity contribution < 1.29 is 10.2 Å². The maximum atomic E-state index is 10.2. The molecule has 0 heterocycles. The topological polar surface area (TPSA) is 46.1 Å². The van der Waals surface area contributed by atoms with E-state index in [4.69, 9.17) is 0 Å². The fourth-order valence-electron chi connectivity index (χ4n) is 0. The number of hydrogen-bond donors (Lipinski definition) is 0. The molecule has 0 bridgehead atoms. The summed E-state index contributed by atoms with van der Waals surface area (Å²) in [5.74, 6) is 0.593.